The van der Waals surface area contributed by atoms with Crippen LogP contribution in [0, 0.1) is 0 Å². The van der Waals surface area contributed by atoms with Crippen molar-refractivity contribution < 1.29 is 9.53 Å². The molecule has 0 aliphatic rings. The van der Waals surface area contributed by atoms with Gasteiger partial charge in [0.1, 0.15) is 17.6 Å². The number of rotatable bonds is 5. The third-order valence-corrected chi connectivity index (χ3v) is 3.01. The van der Waals surface area contributed by atoms with Crippen molar-refractivity contribution in [3.63, 3.8) is 0 Å². The van der Waals surface area contributed by atoms with E-state index < -0.39 is 5.41 Å². The second-order valence-electron chi connectivity index (χ2n) is 3.78. The molecule has 5 nitrogen and oxygen atoms in total. The Hall–Kier alpha value is -1.39. The topological polar surface area (TPSA) is 57.0 Å². The molecular weight excluding hydrogens is 206 g/mol. The molecule has 0 bridgehead atoms. The molecule has 1 heterocycles. The highest BCUT2D eigenvalue weighted by Gasteiger charge is 2.42. The first kappa shape index (κ1) is 12.7. The number of carbonyl (C=O) groups excluding carboxylic acids is 1. The molecule has 0 radical (unpaired) electrons. The summed E-state index contributed by atoms with van der Waals surface area (Å²) in [5.41, 5.74) is -0.665. The molecule has 0 fully saturated rings. The van der Waals surface area contributed by atoms with Crippen LogP contribution in [0.15, 0.2) is 6.33 Å². The number of hydrogen-bond acceptors (Lipinski definition) is 4. The Bertz CT molecular complexity index is 356. The van der Waals surface area contributed by atoms with Gasteiger partial charge >= 0.3 is 5.97 Å². The summed E-state index contributed by atoms with van der Waals surface area (Å²) in [5, 5.41) is 7.88. The molecule has 1 aromatic heterocycles. The third-order valence-electron chi connectivity index (χ3n) is 3.01. The summed E-state index contributed by atoms with van der Waals surface area (Å²) >= 11 is 0. The Kier molecular flexibility index (Phi) is 4.04. The molecule has 0 N–H and O–H groups in total. The van der Waals surface area contributed by atoms with E-state index in [1.165, 1.54) is 0 Å². The molecule has 1 aromatic rings. The van der Waals surface area contributed by atoms with E-state index in [1.54, 1.807) is 10.9 Å². The molecule has 0 saturated heterocycles. The zero-order valence-corrected chi connectivity index (χ0v) is 10.4. The highest BCUT2D eigenvalue weighted by atomic mass is 16.5. The summed E-state index contributed by atoms with van der Waals surface area (Å²) in [6.07, 6.45) is 2.93. The zero-order chi connectivity index (χ0) is 12.2. The number of ether oxygens (including phenoxy) is 1. The predicted molar refractivity (Wildman–Crippen MR) is 59.9 cm³/mol. The average Bonchev–Trinajstić information content (AvgIpc) is 2.69. The SMILES string of the molecule is CCOC(=O)C(CC)(CC)c1nncn1C. The van der Waals surface area contributed by atoms with Gasteiger partial charge in [-0.3, -0.25) is 4.79 Å². The van der Waals surface area contributed by atoms with Gasteiger partial charge in [-0.15, -0.1) is 10.2 Å². The van der Waals surface area contributed by atoms with E-state index in [1.807, 2.05) is 27.8 Å². The van der Waals surface area contributed by atoms with Crippen LogP contribution >= 0.6 is 0 Å². The summed E-state index contributed by atoms with van der Waals surface area (Å²) in [4.78, 5) is 12.1. The van der Waals surface area contributed by atoms with Crippen LogP contribution in [0.2, 0.25) is 0 Å². The van der Waals surface area contributed by atoms with E-state index in [-0.39, 0.29) is 5.97 Å². The molecule has 0 spiro atoms. The van der Waals surface area contributed by atoms with Crippen molar-refractivity contribution in [1.82, 2.24) is 14.8 Å². The number of aromatic nitrogens is 3. The van der Waals surface area contributed by atoms with Crippen LogP contribution in [-0.4, -0.2) is 27.3 Å². The van der Waals surface area contributed by atoms with Gasteiger partial charge in [0, 0.05) is 7.05 Å². The lowest BCUT2D eigenvalue weighted by molar-refractivity contribution is -0.151. The van der Waals surface area contributed by atoms with Gasteiger partial charge in [0.25, 0.3) is 0 Å². The fraction of sp³-hybridized carbons (Fsp3) is 0.727. The second-order valence-corrected chi connectivity index (χ2v) is 3.78. The van der Waals surface area contributed by atoms with Crippen molar-refractivity contribution in [2.45, 2.75) is 39.0 Å². The van der Waals surface area contributed by atoms with Crippen LogP contribution < -0.4 is 0 Å². The third kappa shape index (κ3) is 1.94. The number of hydrogen-bond donors (Lipinski definition) is 0. The Morgan fingerprint density at radius 1 is 1.44 bits per heavy atom. The minimum atomic E-state index is -0.665. The van der Waals surface area contributed by atoms with Crippen LogP contribution in [-0.2, 0) is 22.0 Å². The Balaban J connectivity index is 3.15. The van der Waals surface area contributed by atoms with Crippen molar-refractivity contribution in [2.24, 2.45) is 7.05 Å². The van der Waals surface area contributed by atoms with Crippen molar-refractivity contribution >= 4 is 5.97 Å². The average molecular weight is 225 g/mol. The summed E-state index contributed by atoms with van der Waals surface area (Å²) < 4.78 is 6.93. The van der Waals surface area contributed by atoms with Gasteiger partial charge in [-0.1, -0.05) is 13.8 Å². The minimum absolute atomic E-state index is 0.212. The second kappa shape index (κ2) is 5.09. The van der Waals surface area contributed by atoms with Crippen molar-refractivity contribution in [3.05, 3.63) is 12.2 Å². The molecule has 16 heavy (non-hydrogen) atoms. The molecule has 0 amide bonds. The quantitative estimate of drug-likeness (QED) is 0.711. The van der Waals surface area contributed by atoms with E-state index in [0.717, 1.165) is 0 Å². The van der Waals surface area contributed by atoms with Gasteiger partial charge < -0.3 is 9.30 Å². The van der Waals surface area contributed by atoms with E-state index in [9.17, 15) is 4.79 Å². The Morgan fingerprint density at radius 2 is 2.06 bits per heavy atom. The summed E-state index contributed by atoms with van der Waals surface area (Å²) in [6, 6.07) is 0. The van der Waals surface area contributed by atoms with Gasteiger partial charge in [0.15, 0.2) is 0 Å². The largest absolute Gasteiger partial charge is 0.465 e. The van der Waals surface area contributed by atoms with Crippen molar-refractivity contribution in [2.75, 3.05) is 6.61 Å². The highest BCUT2D eigenvalue weighted by Crippen LogP contribution is 2.31. The van der Waals surface area contributed by atoms with E-state index >= 15 is 0 Å². The normalized spacial score (nSPS) is 11.5. The minimum Gasteiger partial charge on any atom is -0.465 e. The number of nitrogens with zero attached hydrogens (tertiary/aromatic N) is 3. The Labute approximate surface area is 95.8 Å². The number of esters is 1. The molecule has 90 valence electrons. The molecule has 0 aromatic carbocycles. The summed E-state index contributed by atoms with van der Waals surface area (Å²) in [7, 11) is 1.84. The van der Waals surface area contributed by atoms with Gasteiger partial charge in [-0.25, -0.2) is 0 Å². The number of aryl methyl sites for hydroxylation is 1. The monoisotopic (exact) mass is 225 g/mol. The first-order valence-corrected chi connectivity index (χ1v) is 5.64. The van der Waals surface area contributed by atoms with Gasteiger partial charge in [-0.05, 0) is 19.8 Å². The van der Waals surface area contributed by atoms with Crippen LogP contribution in [0.5, 0.6) is 0 Å². The number of carbonyl (C=O) groups is 1. The smallest absolute Gasteiger partial charge is 0.319 e. The molecule has 5 heteroatoms. The first-order chi connectivity index (χ1) is 7.62. The predicted octanol–water partition coefficient (Wildman–Crippen LogP) is 1.44. The molecule has 0 aliphatic heterocycles. The maximum atomic E-state index is 12.1. The maximum Gasteiger partial charge on any atom is 0.319 e. The summed E-state index contributed by atoms with van der Waals surface area (Å²) in [5.74, 6) is 0.465. The molecular formula is C11H19N3O2. The van der Waals surface area contributed by atoms with E-state index in [2.05, 4.69) is 10.2 Å². The van der Waals surface area contributed by atoms with Gasteiger partial charge in [0.2, 0.25) is 0 Å². The zero-order valence-electron chi connectivity index (χ0n) is 10.4. The summed E-state index contributed by atoms with van der Waals surface area (Å²) in [6.45, 7) is 6.13. The molecule has 1 rings (SSSR count). The van der Waals surface area contributed by atoms with Crippen LogP contribution in [0.3, 0.4) is 0 Å². The molecule has 0 atom stereocenters. The van der Waals surface area contributed by atoms with Crippen LogP contribution in [0.1, 0.15) is 39.4 Å². The van der Waals surface area contributed by atoms with E-state index in [4.69, 9.17) is 4.74 Å². The fourth-order valence-corrected chi connectivity index (χ4v) is 1.93. The van der Waals surface area contributed by atoms with E-state index in [0.29, 0.717) is 25.3 Å². The van der Waals surface area contributed by atoms with Crippen molar-refractivity contribution in [3.8, 4) is 0 Å². The maximum absolute atomic E-state index is 12.1. The first-order valence-electron chi connectivity index (χ1n) is 5.64. The lowest BCUT2D eigenvalue weighted by Crippen LogP contribution is -2.38. The Morgan fingerprint density at radius 3 is 2.44 bits per heavy atom. The van der Waals surface area contributed by atoms with Crippen molar-refractivity contribution in [1.29, 1.82) is 0 Å². The molecule has 0 unspecified atom stereocenters. The highest BCUT2D eigenvalue weighted by molar-refractivity contribution is 5.82. The lowest BCUT2D eigenvalue weighted by Gasteiger charge is -2.27. The fourth-order valence-electron chi connectivity index (χ4n) is 1.93. The van der Waals surface area contributed by atoms with Crippen LogP contribution in [0.25, 0.3) is 0 Å². The van der Waals surface area contributed by atoms with Crippen LogP contribution in [0.4, 0.5) is 0 Å². The molecule has 0 saturated carbocycles. The molecule has 0 aliphatic carbocycles. The van der Waals surface area contributed by atoms with Gasteiger partial charge in [0.05, 0.1) is 6.61 Å². The standard InChI is InChI=1S/C11H19N3O2/c1-5-11(6-2,10(15)16-7-3)9-13-12-8-14(9)4/h8H,5-7H2,1-4H3. The lowest BCUT2D eigenvalue weighted by atomic mass is 9.81. The van der Waals surface area contributed by atoms with Gasteiger partial charge in [-0.2, -0.15) is 0 Å².